The molecule has 0 radical (unpaired) electrons. The van der Waals surface area contributed by atoms with E-state index in [4.69, 9.17) is 38.0 Å². The summed E-state index contributed by atoms with van der Waals surface area (Å²) in [5, 5.41) is 14.5. The summed E-state index contributed by atoms with van der Waals surface area (Å²) in [6, 6.07) is 13.5. The Morgan fingerprint density at radius 2 is 1.41 bits per heavy atom. The number of nitrogens with one attached hydrogen (secondary N) is 1. The number of para-hydroxylation sites is 2. The monoisotopic (exact) mass is 888 g/mol. The van der Waals surface area contributed by atoms with E-state index >= 15 is 0 Å². The van der Waals surface area contributed by atoms with Crippen molar-refractivity contribution in [2.75, 3.05) is 26.2 Å². The van der Waals surface area contributed by atoms with Crippen molar-refractivity contribution in [1.82, 2.24) is 19.6 Å². The van der Waals surface area contributed by atoms with Gasteiger partial charge in [-0.1, -0.05) is 63.4 Å². The van der Waals surface area contributed by atoms with Crippen molar-refractivity contribution in [3.63, 3.8) is 0 Å². The van der Waals surface area contributed by atoms with Gasteiger partial charge in [-0.05, 0) is 24.3 Å². The van der Waals surface area contributed by atoms with E-state index in [0.717, 1.165) is 16.5 Å². The van der Waals surface area contributed by atoms with Gasteiger partial charge in [0, 0.05) is 12.1 Å². The molecule has 2 aromatic heterocycles. The van der Waals surface area contributed by atoms with Crippen LogP contribution in [0.2, 0.25) is 10.0 Å². The van der Waals surface area contributed by atoms with Gasteiger partial charge in [0.25, 0.3) is 12.0 Å². The number of rotatable bonds is 7. The van der Waals surface area contributed by atoms with Crippen LogP contribution in [0.25, 0.3) is 11.4 Å². The molecule has 0 amide bonds. The molecule has 4 rings (SSSR count). The quantitative estimate of drug-likeness (QED) is 0.0465. The normalized spacial score (nSPS) is 10.1. The number of nitrogens with zero attached hydrogens (tertiary/aromatic N) is 3. The van der Waals surface area contributed by atoms with Gasteiger partial charge in [0.05, 0.1) is 35.6 Å². The number of carbonyl (C=O) groups excluding carboxylic acids is 3. The number of aromatic amines is 1. The summed E-state index contributed by atoms with van der Waals surface area (Å²) in [7, 11) is 2.49. The first kappa shape index (κ1) is 51.8. The maximum Gasteiger partial charge on any atom is 1.00 e. The van der Waals surface area contributed by atoms with Gasteiger partial charge in [-0.2, -0.15) is 36.1 Å². The molecule has 0 aliphatic carbocycles. The van der Waals surface area contributed by atoms with E-state index in [2.05, 4.69) is 35.4 Å². The Bertz CT molecular complexity index is 1740. The number of ether oxygens (including phenoxy) is 3. The number of methoxy groups -OCH3 is 2. The van der Waals surface area contributed by atoms with Gasteiger partial charge < -0.3 is 25.8 Å². The zero-order valence-electron chi connectivity index (χ0n) is 27.7. The van der Waals surface area contributed by atoms with Crippen LogP contribution in [-0.4, -0.2) is 64.1 Å². The fourth-order valence-corrected chi connectivity index (χ4v) is 3.67. The molecule has 0 saturated heterocycles. The standard InChI is InChI=1S/C13H10ClF3N2O3.C10H6ClF3N2O.C3H5BrO2.CH2O3.2K.H/c1-21-12(20)7-22-11-6-10(13(15,16)17)18-19(11)9-5-3-2-4-8(9)14;11-6-3-1-2-4-7(6)16-9(17)5-8(15-16)10(12,13)14;1-6-3(5)2-4;2-1-4-3;;;/h2-6H,7H2,1H3;1-5,15H;2H2,1H3;1,3H;;;/q;;;;2*+1;-1/p-1. The van der Waals surface area contributed by atoms with E-state index in [-0.39, 0.29) is 149 Å². The third-order valence-corrected chi connectivity index (χ3v) is 6.21. The van der Waals surface area contributed by atoms with E-state index < -0.39 is 41.9 Å². The van der Waals surface area contributed by atoms with Gasteiger partial charge >= 0.3 is 127 Å². The Hall–Kier alpha value is -1.26. The second-order valence-corrected chi connectivity index (χ2v) is 9.66. The van der Waals surface area contributed by atoms with Crippen molar-refractivity contribution < 1.29 is 169 Å². The summed E-state index contributed by atoms with van der Waals surface area (Å²) in [6.45, 7) is -0.732. The van der Waals surface area contributed by atoms with Crippen LogP contribution in [-0.2, 0) is 41.1 Å². The maximum atomic E-state index is 12.8. The van der Waals surface area contributed by atoms with E-state index in [1.807, 2.05) is 5.10 Å². The average Bonchev–Trinajstić information content (AvgIpc) is 3.68. The van der Waals surface area contributed by atoms with Crippen LogP contribution in [0.1, 0.15) is 12.8 Å². The molecular formula is C27H23BrCl2F6K2N4O9. The Balaban J connectivity index is -0.000000712. The third kappa shape index (κ3) is 18.1. The molecule has 1 N–H and O–H groups in total. The molecule has 2 aromatic carbocycles. The molecule has 270 valence electrons. The summed E-state index contributed by atoms with van der Waals surface area (Å²) in [6.07, 6.45) is -9.25. The number of aromatic nitrogens is 4. The smallest absolute Gasteiger partial charge is 1.00 e. The maximum absolute atomic E-state index is 12.8. The van der Waals surface area contributed by atoms with Crippen LogP contribution in [0.4, 0.5) is 26.3 Å². The second-order valence-electron chi connectivity index (χ2n) is 8.29. The molecule has 0 saturated carbocycles. The molecule has 24 heteroatoms. The summed E-state index contributed by atoms with van der Waals surface area (Å²) in [5.41, 5.74) is -2.71. The summed E-state index contributed by atoms with van der Waals surface area (Å²) in [5.74, 6) is -1.25. The van der Waals surface area contributed by atoms with Crippen LogP contribution >= 0.6 is 39.1 Å². The van der Waals surface area contributed by atoms with Crippen LogP contribution in [0, 0.1) is 0 Å². The van der Waals surface area contributed by atoms with Gasteiger partial charge in [-0.15, -0.1) is 0 Å². The zero-order valence-corrected chi connectivity index (χ0v) is 36.0. The fourth-order valence-electron chi connectivity index (χ4n) is 3.00. The number of carbonyl (C=O) groups is 3. The predicted octanol–water partition coefficient (Wildman–Crippen LogP) is -0.956. The van der Waals surface area contributed by atoms with E-state index in [9.17, 15) is 40.7 Å². The Kier molecular flexibility index (Phi) is 26.1. The Morgan fingerprint density at radius 3 is 1.78 bits per heavy atom. The van der Waals surface area contributed by atoms with Gasteiger partial charge in [0.15, 0.2) is 12.3 Å². The fraction of sp³-hybridized carbons (Fsp3) is 0.222. The molecule has 0 atom stereocenters. The van der Waals surface area contributed by atoms with E-state index in [1.165, 1.54) is 31.4 Å². The number of hydrogen-bond donors (Lipinski definition) is 1. The van der Waals surface area contributed by atoms with Crippen LogP contribution in [0.5, 0.6) is 5.88 Å². The van der Waals surface area contributed by atoms with Crippen LogP contribution in [0.15, 0.2) is 65.5 Å². The number of benzene rings is 2. The van der Waals surface area contributed by atoms with Crippen molar-refractivity contribution in [2.45, 2.75) is 12.4 Å². The molecule has 4 aromatic rings. The molecule has 2 heterocycles. The second kappa shape index (κ2) is 25.7. The first-order valence-corrected chi connectivity index (χ1v) is 14.4. The summed E-state index contributed by atoms with van der Waals surface area (Å²) >= 11 is 14.6. The third-order valence-electron chi connectivity index (χ3n) is 5.11. The predicted molar refractivity (Wildman–Crippen MR) is 162 cm³/mol. The number of halogens is 9. The molecule has 0 spiro atoms. The van der Waals surface area contributed by atoms with E-state index in [0.29, 0.717) is 12.1 Å². The molecular weight excluding hydrogens is 867 g/mol. The SMILES string of the molecule is COC(=O)CBr.COC(=O)COc1cc(C(F)(F)F)nn1-c1ccccc1Cl.O=CO[O-].O=c1cc(C(F)(F)F)[nH]n1-c1ccccc1Cl.[H-].[K+].[K+]. The van der Waals surface area contributed by atoms with E-state index in [1.54, 1.807) is 24.3 Å². The summed E-state index contributed by atoms with van der Waals surface area (Å²) in [4.78, 5) is 43.7. The number of alkyl halides is 7. The van der Waals surface area contributed by atoms with Gasteiger partial charge in [0.1, 0.15) is 11.0 Å². The van der Waals surface area contributed by atoms with Crippen molar-refractivity contribution in [3.8, 4) is 17.3 Å². The molecule has 0 aliphatic heterocycles. The first-order valence-electron chi connectivity index (χ1n) is 12.6. The first-order chi connectivity index (χ1) is 22.9. The minimum atomic E-state index is -4.66. The Morgan fingerprint density at radius 1 is 0.922 bits per heavy atom. The minimum Gasteiger partial charge on any atom is -1.00 e. The Labute approximate surface area is 389 Å². The van der Waals surface area contributed by atoms with Gasteiger partial charge in [0.2, 0.25) is 5.88 Å². The molecule has 51 heavy (non-hydrogen) atoms. The largest absolute Gasteiger partial charge is 1.00 e. The average molecular weight is 890 g/mol. The van der Waals surface area contributed by atoms with Crippen molar-refractivity contribution in [3.05, 3.63) is 92.5 Å². The number of esters is 2. The van der Waals surface area contributed by atoms with Gasteiger partial charge in [-0.25, -0.2) is 9.48 Å². The molecule has 0 fully saturated rings. The zero-order chi connectivity index (χ0) is 37.4. The minimum absolute atomic E-state index is 0. The molecule has 0 bridgehead atoms. The summed E-state index contributed by atoms with van der Waals surface area (Å²) < 4.78 is 90.8. The van der Waals surface area contributed by atoms with Crippen molar-refractivity contribution in [2.24, 2.45) is 0 Å². The van der Waals surface area contributed by atoms with Crippen molar-refractivity contribution >= 4 is 57.5 Å². The molecule has 13 nitrogen and oxygen atoms in total. The molecule has 0 unspecified atom stereocenters. The number of H-pyrrole nitrogens is 1. The number of hydrogen-bond acceptors (Lipinski definition) is 10. The van der Waals surface area contributed by atoms with Crippen LogP contribution < -0.4 is 118 Å². The van der Waals surface area contributed by atoms with Crippen LogP contribution in [0.3, 0.4) is 0 Å². The van der Waals surface area contributed by atoms with Crippen molar-refractivity contribution in [1.29, 1.82) is 0 Å². The molecule has 0 aliphatic rings. The van der Waals surface area contributed by atoms with Gasteiger partial charge in [-0.3, -0.25) is 19.5 Å². The topological polar surface area (TPSA) is 167 Å².